The minimum Gasteiger partial charge on any atom is -0.321 e. The molecule has 0 saturated carbocycles. The Hall–Kier alpha value is -2.95. The Labute approximate surface area is 141 Å². The van der Waals surface area contributed by atoms with E-state index >= 15 is 0 Å². The van der Waals surface area contributed by atoms with Crippen LogP contribution in [0.2, 0.25) is 0 Å². The molecule has 122 valence electrons. The molecule has 0 aliphatic rings. The Balaban J connectivity index is 1.89. The zero-order valence-corrected chi connectivity index (χ0v) is 14.3. The Kier molecular flexibility index (Phi) is 4.16. The molecule has 1 heterocycles. The van der Waals surface area contributed by atoms with Crippen molar-refractivity contribution in [2.24, 2.45) is 0 Å². The first kappa shape index (κ1) is 15.9. The molecule has 1 amide bonds. The third kappa shape index (κ3) is 3.06. The summed E-state index contributed by atoms with van der Waals surface area (Å²) in [5, 5.41) is 11.1. The van der Waals surface area contributed by atoms with Crippen molar-refractivity contribution < 1.29 is 4.79 Å². The molecule has 0 fully saturated rings. The van der Waals surface area contributed by atoms with Gasteiger partial charge in [0.25, 0.3) is 5.91 Å². The second-order valence-corrected chi connectivity index (χ2v) is 6.03. The first-order chi connectivity index (χ1) is 11.5. The molecule has 0 saturated heterocycles. The predicted molar refractivity (Wildman–Crippen MR) is 94.7 cm³/mol. The fraction of sp³-hybridized carbons (Fsp3) is 0.211. The normalized spacial score (nSPS) is 10.7. The van der Waals surface area contributed by atoms with Crippen LogP contribution in [0.15, 0.2) is 42.5 Å². The van der Waals surface area contributed by atoms with Gasteiger partial charge in [-0.2, -0.15) is 0 Å². The number of amides is 1. The molecular weight excluding hydrogens is 300 g/mol. The van der Waals surface area contributed by atoms with Gasteiger partial charge in [-0.15, -0.1) is 5.10 Å². The number of aryl methyl sites for hydroxylation is 3. The minimum absolute atomic E-state index is 0.256. The standard InChI is InChI=1S/C19H20N4O/c1-12-6-5-7-16(10-12)20-19(24)18-15(4)23(22-21-18)17-9-8-13(2)14(3)11-17/h5-11H,1-4H3,(H,20,24). The first-order valence-corrected chi connectivity index (χ1v) is 7.83. The zero-order valence-electron chi connectivity index (χ0n) is 14.3. The van der Waals surface area contributed by atoms with Crippen LogP contribution < -0.4 is 5.32 Å². The topological polar surface area (TPSA) is 59.8 Å². The van der Waals surface area contributed by atoms with Gasteiger partial charge in [0.05, 0.1) is 11.4 Å². The molecule has 5 heteroatoms. The molecule has 3 aromatic rings. The summed E-state index contributed by atoms with van der Waals surface area (Å²) in [5.41, 5.74) is 6.17. The molecule has 2 aromatic carbocycles. The van der Waals surface area contributed by atoms with Gasteiger partial charge in [-0.1, -0.05) is 23.4 Å². The van der Waals surface area contributed by atoms with Gasteiger partial charge in [0.1, 0.15) is 0 Å². The lowest BCUT2D eigenvalue weighted by atomic mass is 10.1. The Morgan fingerprint density at radius 1 is 1.00 bits per heavy atom. The number of aromatic nitrogens is 3. The lowest BCUT2D eigenvalue weighted by molar-refractivity contribution is 0.102. The Bertz CT molecular complexity index is 911. The number of hydrogen-bond acceptors (Lipinski definition) is 3. The summed E-state index contributed by atoms with van der Waals surface area (Å²) in [4.78, 5) is 12.5. The third-order valence-corrected chi connectivity index (χ3v) is 4.12. The van der Waals surface area contributed by atoms with Crippen molar-refractivity contribution in [3.05, 3.63) is 70.5 Å². The van der Waals surface area contributed by atoms with Gasteiger partial charge in [0.2, 0.25) is 0 Å². The van der Waals surface area contributed by atoms with Crippen molar-refractivity contribution >= 4 is 11.6 Å². The van der Waals surface area contributed by atoms with Crippen LogP contribution in [-0.4, -0.2) is 20.9 Å². The maximum atomic E-state index is 12.5. The zero-order chi connectivity index (χ0) is 17.3. The summed E-state index contributed by atoms with van der Waals surface area (Å²) in [7, 11) is 0. The van der Waals surface area contributed by atoms with E-state index in [9.17, 15) is 4.79 Å². The van der Waals surface area contributed by atoms with E-state index in [1.54, 1.807) is 4.68 Å². The summed E-state index contributed by atoms with van der Waals surface area (Å²) in [5.74, 6) is -0.256. The van der Waals surface area contributed by atoms with Crippen LogP contribution in [0.3, 0.4) is 0 Å². The van der Waals surface area contributed by atoms with E-state index in [2.05, 4.69) is 29.5 Å². The molecule has 5 nitrogen and oxygen atoms in total. The number of hydrogen-bond donors (Lipinski definition) is 1. The lowest BCUT2D eigenvalue weighted by Gasteiger charge is -2.07. The van der Waals surface area contributed by atoms with E-state index in [4.69, 9.17) is 0 Å². The van der Waals surface area contributed by atoms with Crippen molar-refractivity contribution in [1.82, 2.24) is 15.0 Å². The fourth-order valence-corrected chi connectivity index (χ4v) is 2.55. The lowest BCUT2D eigenvalue weighted by Crippen LogP contribution is -2.14. The van der Waals surface area contributed by atoms with Crippen molar-refractivity contribution in [3.8, 4) is 5.69 Å². The number of carbonyl (C=O) groups is 1. The predicted octanol–water partition coefficient (Wildman–Crippen LogP) is 3.75. The number of carbonyl (C=O) groups excluding carboxylic acids is 1. The maximum absolute atomic E-state index is 12.5. The highest BCUT2D eigenvalue weighted by Gasteiger charge is 2.17. The second kappa shape index (κ2) is 6.28. The summed E-state index contributed by atoms with van der Waals surface area (Å²) < 4.78 is 1.69. The number of rotatable bonds is 3. The van der Waals surface area contributed by atoms with Gasteiger partial charge in [0.15, 0.2) is 5.69 Å². The molecule has 0 unspecified atom stereocenters. The van der Waals surface area contributed by atoms with E-state index in [-0.39, 0.29) is 5.91 Å². The van der Waals surface area contributed by atoms with Crippen LogP contribution in [0.1, 0.15) is 32.9 Å². The van der Waals surface area contributed by atoms with Crippen LogP contribution in [0.25, 0.3) is 5.69 Å². The SMILES string of the molecule is Cc1cccc(NC(=O)c2nnn(-c3ccc(C)c(C)c3)c2C)c1. The molecule has 0 spiro atoms. The maximum Gasteiger partial charge on any atom is 0.278 e. The van der Waals surface area contributed by atoms with Crippen LogP contribution in [0, 0.1) is 27.7 Å². The van der Waals surface area contributed by atoms with Gasteiger partial charge in [-0.3, -0.25) is 4.79 Å². The summed E-state index contributed by atoms with van der Waals surface area (Å²) in [6, 6.07) is 13.7. The van der Waals surface area contributed by atoms with E-state index in [1.165, 1.54) is 11.1 Å². The minimum atomic E-state index is -0.256. The molecule has 24 heavy (non-hydrogen) atoms. The van der Waals surface area contributed by atoms with E-state index in [1.807, 2.05) is 56.3 Å². The number of anilines is 1. The van der Waals surface area contributed by atoms with E-state index in [0.717, 1.165) is 16.9 Å². The molecular formula is C19H20N4O. The molecule has 0 bridgehead atoms. The smallest absolute Gasteiger partial charge is 0.278 e. The highest BCUT2D eigenvalue weighted by atomic mass is 16.2. The second-order valence-electron chi connectivity index (χ2n) is 6.03. The summed E-state index contributed by atoms with van der Waals surface area (Å²) >= 11 is 0. The van der Waals surface area contributed by atoms with Crippen molar-refractivity contribution in [2.75, 3.05) is 5.32 Å². The van der Waals surface area contributed by atoms with Crippen LogP contribution in [0.5, 0.6) is 0 Å². The van der Waals surface area contributed by atoms with Gasteiger partial charge in [-0.05, 0) is 68.7 Å². The van der Waals surface area contributed by atoms with Crippen LogP contribution in [-0.2, 0) is 0 Å². The molecule has 3 rings (SSSR count). The Morgan fingerprint density at radius 3 is 2.50 bits per heavy atom. The van der Waals surface area contributed by atoms with Gasteiger partial charge < -0.3 is 5.32 Å². The number of nitrogens with zero attached hydrogens (tertiary/aromatic N) is 3. The molecule has 0 radical (unpaired) electrons. The molecule has 1 aromatic heterocycles. The highest BCUT2D eigenvalue weighted by molar-refractivity contribution is 6.03. The number of nitrogens with one attached hydrogen (secondary N) is 1. The van der Waals surface area contributed by atoms with Gasteiger partial charge >= 0.3 is 0 Å². The summed E-state index contributed by atoms with van der Waals surface area (Å²) in [6.45, 7) is 7.95. The third-order valence-electron chi connectivity index (χ3n) is 4.12. The average molecular weight is 320 g/mol. The van der Waals surface area contributed by atoms with E-state index in [0.29, 0.717) is 11.4 Å². The van der Waals surface area contributed by atoms with Crippen LogP contribution >= 0.6 is 0 Å². The van der Waals surface area contributed by atoms with Gasteiger partial charge in [-0.25, -0.2) is 4.68 Å². The van der Waals surface area contributed by atoms with Gasteiger partial charge in [0, 0.05) is 5.69 Å². The average Bonchev–Trinajstić information content (AvgIpc) is 2.92. The highest BCUT2D eigenvalue weighted by Crippen LogP contribution is 2.17. The molecule has 0 atom stereocenters. The molecule has 0 aliphatic carbocycles. The summed E-state index contributed by atoms with van der Waals surface area (Å²) in [6.07, 6.45) is 0. The fourth-order valence-electron chi connectivity index (χ4n) is 2.55. The monoisotopic (exact) mass is 320 g/mol. The Morgan fingerprint density at radius 2 is 1.79 bits per heavy atom. The molecule has 1 N–H and O–H groups in total. The van der Waals surface area contributed by atoms with Crippen molar-refractivity contribution in [1.29, 1.82) is 0 Å². The molecule has 0 aliphatic heterocycles. The van der Waals surface area contributed by atoms with Crippen molar-refractivity contribution in [2.45, 2.75) is 27.7 Å². The van der Waals surface area contributed by atoms with Crippen LogP contribution in [0.4, 0.5) is 5.69 Å². The van der Waals surface area contributed by atoms with Crippen molar-refractivity contribution in [3.63, 3.8) is 0 Å². The largest absolute Gasteiger partial charge is 0.321 e. The quantitative estimate of drug-likeness (QED) is 0.799. The van der Waals surface area contributed by atoms with E-state index < -0.39 is 0 Å². The first-order valence-electron chi connectivity index (χ1n) is 7.83. The number of benzene rings is 2.